The van der Waals surface area contributed by atoms with Gasteiger partial charge in [-0.05, 0) is 12.3 Å². The first-order valence-electron chi connectivity index (χ1n) is 7.32. The third-order valence-electron chi connectivity index (χ3n) is 3.14. The highest BCUT2D eigenvalue weighted by Crippen LogP contribution is 2.39. The average Bonchev–Trinajstić information content (AvgIpc) is 2.53. The van der Waals surface area contributed by atoms with E-state index >= 15 is 0 Å². The van der Waals surface area contributed by atoms with Gasteiger partial charge in [-0.1, -0.05) is 13.8 Å². The van der Waals surface area contributed by atoms with Crippen LogP contribution in [0.5, 0.6) is 17.2 Å². The van der Waals surface area contributed by atoms with Gasteiger partial charge in [0.15, 0.2) is 11.5 Å². The van der Waals surface area contributed by atoms with Crippen LogP contribution in [-0.2, 0) is 9.59 Å². The minimum atomic E-state index is -0.747. The summed E-state index contributed by atoms with van der Waals surface area (Å²) in [4.78, 5) is 23.7. The van der Waals surface area contributed by atoms with E-state index in [1.807, 2.05) is 13.8 Å². The predicted molar refractivity (Wildman–Crippen MR) is 87.2 cm³/mol. The highest BCUT2D eigenvalue weighted by atomic mass is 16.5. The molecule has 128 valence electrons. The van der Waals surface area contributed by atoms with Gasteiger partial charge >= 0.3 is 11.8 Å². The Bertz CT molecular complexity index is 532. The third kappa shape index (κ3) is 5.36. The molecule has 0 aliphatic rings. The standard InChI is InChI=1S/C16H24N2O5/c1-10(2)6-7-17-15(19)16(20)18-11-8-12(21-3)14(23-5)13(9-11)22-4/h8-10H,6-7H2,1-5H3,(H,17,19)(H,18,20). The number of anilines is 1. The molecule has 7 nitrogen and oxygen atoms in total. The van der Waals surface area contributed by atoms with E-state index in [1.54, 1.807) is 12.1 Å². The summed E-state index contributed by atoms with van der Waals surface area (Å²) < 4.78 is 15.6. The second-order valence-electron chi connectivity index (χ2n) is 5.31. The molecule has 2 amide bonds. The molecular formula is C16H24N2O5. The van der Waals surface area contributed by atoms with E-state index in [4.69, 9.17) is 14.2 Å². The maximum absolute atomic E-state index is 11.9. The van der Waals surface area contributed by atoms with E-state index in [0.717, 1.165) is 6.42 Å². The van der Waals surface area contributed by atoms with Crippen LogP contribution >= 0.6 is 0 Å². The van der Waals surface area contributed by atoms with Crippen molar-refractivity contribution in [1.82, 2.24) is 5.32 Å². The van der Waals surface area contributed by atoms with Crippen molar-refractivity contribution in [2.75, 3.05) is 33.2 Å². The molecule has 0 heterocycles. The van der Waals surface area contributed by atoms with Crippen molar-refractivity contribution in [2.45, 2.75) is 20.3 Å². The smallest absolute Gasteiger partial charge is 0.313 e. The lowest BCUT2D eigenvalue weighted by molar-refractivity contribution is -0.136. The van der Waals surface area contributed by atoms with Crippen LogP contribution in [0.1, 0.15) is 20.3 Å². The van der Waals surface area contributed by atoms with Gasteiger partial charge in [0.2, 0.25) is 5.75 Å². The lowest BCUT2D eigenvalue weighted by atomic mass is 10.1. The fourth-order valence-electron chi connectivity index (χ4n) is 1.90. The van der Waals surface area contributed by atoms with E-state index in [-0.39, 0.29) is 0 Å². The summed E-state index contributed by atoms with van der Waals surface area (Å²) in [5, 5.41) is 5.09. The number of nitrogens with one attached hydrogen (secondary N) is 2. The van der Waals surface area contributed by atoms with Crippen LogP contribution < -0.4 is 24.8 Å². The predicted octanol–water partition coefficient (Wildman–Crippen LogP) is 1.81. The third-order valence-corrected chi connectivity index (χ3v) is 3.14. The number of rotatable bonds is 7. The monoisotopic (exact) mass is 324 g/mol. The summed E-state index contributed by atoms with van der Waals surface area (Å²) in [7, 11) is 4.43. The van der Waals surface area contributed by atoms with Crippen LogP contribution in [0.15, 0.2) is 12.1 Å². The minimum Gasteiger partial charge on any atom is -0.493 e. The summed E-state index contributed by atoms with van der Waals surface area (Å²) in [6.45, 7) is 4.55. The highest BCUT2D eigenvalue weighted by Gasteiger charge is 2.17. The molecule has 0 saturated heterocycles. The van der Waals surface area contributed by atoms with Gasteiger partial charge in [0.05, 0.1) is 21.3 Å². The van der Waals surface area contributed by atoms with Gasteiger partial charge in [-0.2, -0.15) is 0 Å². The van der Waals surface area contributed by atoms with Crippen LogP contribution in [-0.4, -0.2) is 39.7 Å². The summed E-state index contributed by atoms with van der Waals surface area (Å²) in [6.07, 6.45) is 0.809. The first kappa shape index (κ1) is 18.6. The van der Waals surface area contributed by atoms with Gasteiger partial charge in [0.1, 0.15) is 0 Å². The molecule has 0 unspecified atom stereocenters. The van der Waals surface area contributed by atoms with Crippen molar-refractivity contribution >= 4 is 17.5 Å². The SMILES string of the molecule is COc1cc(NC(=O)C(=O)NCCC(C)C)cc(OC)c1OC. The maximum Gasteiger partial charge on any atom is 0.313 e. The molecule has 1 aromatic rings. The van der Waals surface area contributed by atoms with Crippen molar-refractivity contribution in [2.24, 2.45) is 5.92 Å². The number of methoxy groups -OCH3 is 3. The molecule has 0 aromatic heterocycles. The first-order chi connectivity index (χ1) is 10.9. The lowest BCUT2D eigenvalue weighted by Gasteiger charge is -2.14. The average molecular weight is 324 g/mol. The van der Waals surface area contributed by atoms with E-state index in [0.29, 0.717) is 35.4 Å². The summed E-state index contributed by atoms with van der Waals surface area (Å²) in [6, 6.07) is 3.11. The molecular weight excluding hydrogens is 300 g/mol. The van der Waals surface area contributed by atoms with Crippen LogP contribution in [0.3, 0.4) is 0 Å². The van der Waals surface area contributed by atoms with Gasteiger partial charge in [0.25, 0.3) is 0 Å². The normalized spacial score (nSPS) is 10.2. The maximum atomic E-state index is 11.9. The van der Waals surface area contributed by atoms with E-state index in [2.05, 4.69) is 10.6 Å². The number of hydrogen-bond acceptors (Lipinski definition) is 5. The van der Waals surface area contributed by atoms with Gasteiger partial charge in [0, 0.05) is 24.4 Å². The second kappa shape index (κ2) is 8.87. The van der Waals surface area contributed by atoms with Crippen LogP contribution in [0.25, 0.3) is 0 Å². The first-order valence-corrected chi connectivity index (χ1v) is 7.32. The van der Waals surface area contributed by atoms with Crippen LogP contribution in [0, 0.1) is 5.92 Å². The van der Waals surface area contributed by atoms with E-state index < -0.39 is 11.8 Å². The number of carbonyl (C=O) groups is 2. The lowest BCUT2D eigenvalue weighted by Crippen LogP contribution is -2.36. The molecule has 0 fully saturated rings. The molecule has 0 radical (unpaired) electrons. The number of carbonyl (C=O) groups excluding carboxylic acids is 2. The Morgan fingerprint density at radius 1 is 1.00 bits per heavy atom. The Morgan fingerprint density at radius 3 is 2.00 bits per heavy atom. The fraction of sp³-hybridized carbons (Fsp3) is 0.500. The Balaban J connectivity index is 2.79. The Labute approximate surface area is 136 Å². The number of amides is 2. The van der Waals surface area contributed by atoms with Crippen molar-refractivity contribution in [3.05, 3.63) is 12.1 Å². The number of ether oxygens (including phenoxy) is 3. The summed E-state index contributed by atoms with van der Waals surface area (Å²) in [5.74, 6) is 0.218. The zero-order valence-corrected chi connectivity index (χ0v) is 14.2. The molecule has 1 rings (SSSR count). The van der Waals surface area contributed by atoms with Gasteiger partial charge in [-0.15, -0.1) is 0 Å². The minimum absolute atomic E-state index is 0.378. The van der Waals surface area contributed by atoms with Crippen LogP contribution in [0.2, 0.25) is 0 Å². The Morgan fingerprint density at radius 2 is 1.57 bits per heavy atom. The second-order valence-corrected chi connectivity index (χ2v) is 5.31. The zero-order valence-electron chi connectivity index (χ0n) is 14.2. The largest absolute Gasteiger partial charge is 0.493 e. The number of benzene rings is 1. The summed E-state index contributed by atoms with van der Waals surface area (Å²) in [5.41, 5.74) is 0.378. The quantitative estimate of drug-likeness (QED) is 0.747. The van der Waals surface area contributed by atoms with Crippen molar-refractivity contribution in [3.63, 3.8) is 0 Å². The molecule has 2 N–H and O–H groups in total. The molecule has 0 aliphatic carbocycles. The molecule has 23 heavy (non-hydrogen) atoms. The molecule has 0 saturated carbocycles. The highest BCUT2D eigenvalue weighted by molar-refractivity contribution is 6.39. The van der Waals surface area contributed by atoms with Crippen molar-refractivity contribution < 1.29 is 23.8 Å². The van der Waals surface area contributed by atoms with Crippen molar-refractivity contribution in [3.8, 4) is 17.2 Å². The van der Waals surface area contributed by atoms with Crippen LogP contribution in [0.4, 0.5) is 5.69 Å². The number of hydrogen-bond donors (Lipinski definition) is 2. The van der Waals surface area contributed by atoms with Gasteiger partial charge in [-0.3, -0.25) is 9.59 Å². The molecule has 0 bridgehead atoms. The Hall–Kier alpha value is -2.44. The molecule has 0 atom stereocenters. The van der Waals surface area contributed by atoms with E-state index in [9.17, 15) is 9.59 Å². The van der Waals surface area contributed by atoms with Gasteiger partial charge < -0.3 is 24.8 Å². The van der Waals surface area contributed by atoms with Crippen molar-refractivity contribution in [1.29, 1.82) is 0 Å². The van der Waals surface area contributed by atoms with E-state index in [1.165, 1.54) is 21.3 Å². The topological polar surface area (TPSA) is 85.9 Å². The molecule has 0 spiro atoms. The zero-order chi connectivity index (χ0) is 17.4. The molecule has 7 heteroatoms. The molecule has 0 aliphatic heterocycles. The Kier molecular flexibility index (Phi) is 7.18. The fourth-order valence-corrected chi connectivity index (χ4v) is 1.90. The molecule has 1 aromatic carbocycles. The summed E-state index contributed by atoms with van der Waals surface area (Å²) >= 11 is 0. The van der Waals surface area contributed by atoms with Gasteiger partial charge in [-0.25, -0.2) is 0 Å².